The van der Waals surface area contributed by atoms with Gasteiger partial charge in [-0.25, -0.2) is 18.7 Å². The predicted molar refractivity (Wildman–Crippen MR) is 130 cm³/mol. The Bertz CT molecular complexity index is 1170. The maximum atomic E-state index is 14.3. The van der Waals surface area contributed by atoms with Crippen molar-refractivity contribution in [1.29, 1.82) is 0 Å². The average molecular weight is 500 g/mol. The molecule has 0 radical (unpaired) electrons. The lowest BCUT2D eigenvalue weighted by Gasteiger charge is -2.30. The Morgan fingerprint density at radius 3 is 2.53 bits per heavy atom. The van der Waals surface area contributed by atoms with E-state index in [0.29, 0.717) is 48.9 Å². The number of aromatic nitrogens is 4. The topological polar surface area (TPSA) is 106 Å². The molecule has 3 aromatic rings. The number of nitrogens with zero attached hydrogens (tertiary/aromatic N) is 6. The van der Waals surface area contributed by atoms with Crippen molar-refractivity contribution in [2.24, 2.45) is 11.7 Å². The lowest BCUT2D eigenvalue weighted by atomic mass is 9.94. The molecule has 2 N–H and O–H groups in total. The second kappa shape index (κ2) is 10.3. The summed E-state index contributed by atoms with van der Waals surface area (Å²) in [7, 11) is 0. The Labute approximate surface area is 208 Å². The first kappa shape index (κ1) is 24.4. The fraction of sp³-hybridized carbons (Fsp3) is 0.520. The molecule has 2 atom stereocenters. The van der Waals surface area contributed by atoms with Crippen LogP contribution in [0.25, 0.3) is 0 Å². The van der Waals surface area contributed by atoms with E-state index in [9.17, 15) is 8.78 Å². The zero-order valence-corrected chi connectivity index (χ0v) is 20.5. The maximum absolute atomic E-state index is 14.3. The van der Waals surface area contributed by atoms with E-state index < -0.39 is 11.6 Å². The number of ether oxygens (including phenoxy) is 1. The normalized spacial score (nSPS) is 20.9. The highest BCUT2D eigenvalue weighted by Crippen LogP contribution is 2.31. The molecule has 11 heteroatoms. The standard InChI is InChI=1S/C25H31F2N7O2/c1-15(2)23-31-25(36-32-23)33-7-5-16(6-8-33)14-35-18-10-29-24(30-11-18)34-12-20(22(28)13-34)19-4-3-17(26)9-21(19)27/h3-4,9-11,15-16,20,22H,5-8,12-14,28H2,1-2H3/t20-,22+/m1/s1. The number of nitrogens with two attached hydrogens (primary N) is 1. The molecule has 0 bridgehead atoms. The highest BCUT2D eigenvalue weighted by Gasteiger charge is 2.34. The van der Waals surface area contributed by atoms with Crippen molar-refractivity contribution in [1.82, 2.24) is 20.1 Å². The fourth-order valence-corrected chi connectivity index (χ4v) is 4.77. The first-order chi connectivity index (χ1) is 17.4. The second-order valence-electron chi connectivity index (χ2n) is 9.89. The van der Waals surface area contributed by atoms with Gasteiger partial charge in [0.15, 0.2) is 11.6 Å². The van der Waals surface area contributed by atoms with E-state index in [0.717, 1.165) is 37.8 Å². The molecule has 0 amide bonds. The van der Waals surface area contributed by atoms with Crippen molar-refractivity contribution < 1.29 is 18.0 Å². The number of halogens is 2. The van der Waals surface area contributed by atoms with E-state index in [4.69, 9.17) is 15.0 Å². The number of benzene rings is 1. The van der Waals surface area contributed by atoms with Gasteiger partial charge in [0.25, 0.3) is 0 Å². The molecule has 36 heavy (non-hydrogen) atoms. The minimum Gasteiger partial charge on any atom is -0.490 e. The van der Waals surface area contributed by atoms with Crippen LogP contribution in [0.4, 0.5) is 20.7 Å². The SMILES string of the molecule is CC(C)c1noc(N2CCC(COc3cnc(N4C[C@H](c5ccc(F)cc5F)[C@@H](N)C4)nc3)CC2)n1. The molecule has 2 aliphatic rings. The van der Waals surface area contributed by atoms with Gasteiger partial charge in [-0.3, -0.25) is 0 Å². The molecular weight excluding hydrogens is 468 g/mol. The van der Waals surface area contributed by atoms with Crippen LogP contribution in [0.15, 0.2) is 35.1 Å². The zero-order valence-electron chi connectivity index (χ0n) is 20.5. The Kier molecular flexibility index (Phi) is 6.99. The van der Waals surface area contributed by atoms with Crippen LogP contribution in [-0.4, -0.2) is 58.9 Å². The summed E-state index contributed by atoms with van der Waals surface area (Å²) in [5.41, 5.74) is 6.68. The van der Waals surface area contributed by atoms with Gasteiger partial charge in [-0.15, -0.1) is 0 Å². The number of rotatable bonds is 7. The van der Waals surface area contributed by atoms with Crippen LogP contribution in [0.2, 0.25) is 0 Å². The van der Waals surface area contributed by atoms with Crippen molar-refractivity contribution in [3.63, 3.8) is 0 Å². The Balaban J connectivity index is 1.11. The van der Waals surface area contributed by atoms with Gasteiger partial charge in [0, 0.05) is 50.1 Å². The van der Waals surface area contributed by atoms with Gasteiger partial charge in [-0.1, -0.05) is 25.1 Å². The third-order valence-corrected chi connectivity index (χ3v) is 6.94. The van der Waals surface area contributed by atoms with Crippen molar-refractivity contribution in [2.75, 3.05) is 42.6 Å². The van der Waals surface area contributed by atoms with Crippen molar-refractivity contribution in [2.45, 2.75) is 44.6 Å². The van der Waals surface area contributed by atoms with Gasteiger partial charge in [-0.2, -0.15) is 4.98 Å². The average Bonchev–Trinajstić information content (AvgIpc) is 3.51. The summed E-state index contributed by atoms with van der Waals surface area (Å²) >= 11 is 0. The third-order valence-electron chi connectivity index (χ3n) is 6.94. The summed E-state index contributed by atoms with van der Waals surface area (Å²) in [6.07, 6.45) is 5.23. The molecule has 1 aromatic carbocycles. The smallest absolute Gasteiger partial charge is 0.324 e. The van der Waals surface area contributed by atoms with Crippen LogP contribution in [-0.2, 0) is 0 Å². The van der Waals surface area contributed by atoms with Crippen LogP contribution in [0.1, 0.15) is 49.9 Å². The third kappa shape index (κ3) is 5.25. The van der Waals surface area contributed by atoms with Gasteiger partial charge in [0.2, 0.25) is 5.95 Å². The monoisotopic (exact) mass is 499 g/mol. The largest absolute Gasteiger partial charge is 0.490 e. The lowest BCUT2D eigenvalue weighted by molar-refractivity contribution is 0.219. The first-order valence-electron chi connectivity index (χ1n) is 12.4. The second-order valence-corrected chi connectivity index (χ2v) is 9.89. The molecule has 0 unspecified atom stereocenters. The Morgan fingerprint density at radius 2 is 1.86 bits per heavy atom. The summed E-state index contributed by atoms with van der Waals surface area (Å²) in [4.78, 5) is 17.4. The molecule has 5 rings (SSSR count). The molecule has 0 saturated carbocycles. The molecule has 2 fully saturated rings. The molecule has 0 spiro atoms. The van der Waals surface area contributed by atoms with E-state index >= 15 is 0 Å². The zero-order chi connectivity index (χ0) is 25.2. The van der Waals surface area contributed by atoms with Crippen LogP contribution in [0.5, 0.6) is 5.75 Å². The predicted octanol–water partition coefficient (Wildman–Crippen LogP) is 3.49. The van der Waals surface area contributed by atoms with Crippen LogP contribution in [0, 0.1) is 17.6 Å². The molecule has 2 saturated heterocycles. The Hall–Kier alpha value is -3.34. The highest BCUT2D eigenvalue weighted by molar-refractivity contribution is 5.39. The van der Waals surface area contributed by atoms with Crippen LogP contribution < -0.4 is 20.3 Å². The summed E-state index contributed by atoms with van der Waals surface area (Å²) < 4.78 is 38.9. The van der Waals surface area contributed by atoms with Crippen LogP contribution in [0.3, 0.4) is 0 Å². The fourth-order valence-electron chi connectivity index (χ4n) is 4.77. The van der Waals surface area contributed by atoms with E-state index in [2.05, 4.69) is 25.0 Å². The van der Waals surface area contributed by atoms with Crippen molar-refractivity contribution in [3.05, 3.63) is 53.6 Å². The number of hydrogen-bond acceptors (Lipinski definition) is 9. The highest BCUT2D eigenvalue weighted by atomic mass is 19.1. The molecule has 9 nitrogen and oxygen atoms in total. The van der Waals surface area contributed by atoms with Crippen LogP contribution >= 0.6 is 0 Å². The molecular formula is C25H31F2N7O2. The molecule has 192 valence electrons. The van der Waals surface area contributed by atoms with Gasteiger partial charge in [0.1, 0.15) is 11.6 Å². The van der Waals surface area contributed by atoms with E-state index in [-0.39, 0.29) is 17.9 Å². The minimum absolute atomic E-state index is 0.239. The summed E-state index contributed by atoms with van der Waals surface area (Å²) in [6, 6.07) is 3.90. The molecule has 4 heterocycles. The molecule has 2 aliphatic heterocycles. The number of anilines is 2. The summed E-state index contributed by atoms with van der Waals surface area (Å²) in [5.74, 6) is 1.05. The number of hydrogen-bond donors (Lipinski definition) is 1. The summed E-state index contributed by atoms with van der Waals surface area (Å²) in [6.45, 7) is 7.29. The van der Waals surface area contributed by atoms with Gasteiger partial charge in [-0.05, 0) is 30.4 Å². The van der Waals surface area contributed by atoms with E-state index in [1.807, 2.05) is 18.7 Å². The molecule has 0 aliphatic carbocycles. The summed E-state index contributed by atoms with van der Waals surface area (Å²) in [5, 5.41) is 4.05. The first-order valence-corrected chi connectivity index (χ1v) is 12.4. The maximum Gasteiger partial charge on any atom is 0.324 e. The quantitative estimate of drug-likeness (QED) is 0.523. The van der Waals surface area contributed by atoms with Crippen molar-refractivity contribution >= 4 is 12.0 Å². The van der Waals surface area contributed by atoms with Gasteiger partial charge in [0.05, 0.1) is 19.0 Å². The minimum atomic E-state index is -0.601. The van der Waals surface area contributed by atoms with Gasteiger partial charge >= 0.3 is 6.01 Å². The lowest BCUT2D eigenvalue weighted by Crippen LogP contribution is -2.35. The van der Waals surface area contributed by atoms with Gasteiger partial charge < -0.3 is 24.8 Å². The van der Waals surface area contributed by atoms with E-state index in [1.165, 1.54) is 12.1 Å². The number of piperidine rings is 1. The van der Waals surface area contributed by atoms with E-state index in [1.54, 1.807) is 12.4 Å². The molecule has 2 aromatic heterocycles. The van der Waals surface area contributed by atoms with Crippen molar-refractivity contribution in [3.8, 4) is 5.75 Å². The Morgan fingerprint density at radius 1 is 1.11 bits per heavy atom.